The average Bonchev–Trinajstić information content (AvgIpc) is 2.96. The molecule has 3 heterocycles. The molecule has 3 aliphatic heterocycles. The Bertz CT molecular complexity index is 601. The summed E-state index contributed by atoms with van der Waals surface area (Å²) in [5.41, 5.74) is 2.90. The Balaban J connectivity index is 1.31. The molecule has 3 saturated heterocycles. The number of piperidine rings is 2. The quantitative estimate of drug-likeness (QED) is 0.812. The number of hydrogen-bond donors (Lipinski definition) is 0. The molecule has 3 nitrogen and oxygen atoms in total. The summed E-state index contributed by atoms with van der Waals surface area (Å²) in [5.74, 6) is -0.129. The minimum atomic E-state index is -0.129. The van der Waals surface area contributed by atoms with E-state index in [9.17, 15) is 4.39 Å². The predicted molar refractivity (Wildman–Crippen MR) is 102 cm³/mol. The third kappa shape index (κ3) is 3.56. The van der Waals surface area contributed by atoms with Gasteiger partial charge in [-0.1, -0.05) is 0 Å². The largest absolute Gasteiger partial charge is 0.371 e. The number of aryl methyl sites for hydroxylation is 1. The lowest BCUT2D eigenvalue weighted by Crippen LogP contribution is -2.50. The van der Waals surface area contributed by atoms with Crippen LogP contribution in [-0.2, 0) is 0 Å². The summed E-state index contributed by atoms with van der Waals surface area (Å²) in [4.78, 5) is 7.72. The number of anilines is 1. The first-order valence-corrected chi connectivity index (χ1v) is 9.98. The van der Waals surface area contributed by atoms with Crippen LogP contribution in [0, 0.1) is 18.2 Å². The molecule has 25 heavy (non-hydrogen) atoms. The Morgan fingerprint density at radius 2 is 1.68 bits per heavy atom. The van der Waals surface area contributed by atoms with Crippen molar-refractivity contribution in [2.75, 3.05) is 51.2 Å². The molecule has 0 N–H and O–H groups in total. The Labute approximate surface area is 151 Å². The topological polar surface area (TPSA) is 9.72 Å². The minimum Gasteiger partial charge on any atom is -0.371 e. The molecule has 1 aromatic rings. The second kappa shape index (κ2) is 6.88. The predicted octanol–water partition coefficient (Wildman–Crippen LogP) is 3.52. The van der Waals surface area contributed by atoms with Crippen LogP contribution in [0.25, 0.3) is 0 Å². The maximum atomic E-state index is 13.3. The fourth-order valence-electron chi connectivity index (χ4n) is 5.38. The van der Waals surface area contributed by atoms with Gasteiger partial charge in [-0.25, -0.2) is 4.39 Å². The van der Waals surface area contributed by atoms with E-state index in [0.29, 0.717) is 5.41 Å². The van der Waals surface area contributed by atoms with E-state index in [4.69, 9.17) is 0 Å². The molecule has 4 heteroatoms. The Morgan fingerprint density at radius 1 is 1.00 bits per heavy atom. The number of nitrogens with zero attached hydrogens (tertiary/aromatic N) is 3. The molecule has 0 atom stereocenters. The van der Waals surface area contributed by atoms with Crippen molar-refractivity contribution in [1.82, 2.24) is 9.80 Å². The summed E-state index contributed by atoms with van der Waals surface area (Å²) in [6.45, 7) is 9.39. The molecule has 0 amide bonds. The lowest BCUT2D eigenvalue weighted by atomic mass is 9.77. The van der Waals surface area contributed by atoms with Crippen molar-refractivity contribution in [1.29, 1.82) is 0 Å². The van der Waals surface area contributed by atoms with E-state index < -0.39 is 0 Å². The SMILES string of the molecule is Cc1cc(F)ccc1N1CCC(N2CCC3(CCN(C)C3)CC2)CC1. The van der Waals surface area contributed by atoms with Gasteiger partial charge in [0.25, 0.3) is 0 Å². The van der Waals surface area contributed by atoms with E-state index >= 15 is 0 Å². The van der Waals surface area contributed by atoms with Crippen molar-refractivity contribution in [3.05, 3.63) is 29.6 Å². The first-order chi connectivity index (χ1) is 12.0. The smallest absolute Gasteiger partial charge is 0.123 e. The van der Waals surface area contributed by atoms with Crippen LogP contribution in [0.5, 0.6) is 0 Å². The molecule has 0 bridgehead atoms. The lowest BCUT2D eigenvalue weighted by Gasteiger charge is -2.45. The monoisotopic (exact) mass is 345 g/mol. The highest BCUT2D eigenvalue weighted by Gasteiger charge is 2.40. The minimum absolute atomic E-state index is 0.129. The van der Waals surface area contributed by atoms with E-state index in [1.54, 1.807) is 12.1 Å². The number of hydrogen-bond acceptors (Lipinski definition) is 3. The summed E-state index contributed by atoms with van der Waals surface area (Å²) < 4.78 is 13.3. The fourth-order valence-corrected chi connectivity index (χ4v) is 5.38. The zero-order chi connectivity index (χ0) is 17.4. The first-order valence-electron chi connectivity index (χ1n) is 9.98. The van der Waals surface area contributed by atoms with Crippen LogP contribution in [0.1, 0.15) is 37.7 Å². The van der Waals surface area contributed by atoms with Crippen molar-refractivity contribution in [3.8, 4) is 0 Å². The van der Waals surface area contributed by atoms with E-state index in [-0.39, 0.29) is 5.82 Å². The highest BCUT2D eigenvalue weighted by molar-refractivity contribution is 5.53. The number of halogens is 1. The molecule has 1 spiro atoms. The van der Waals surface area contributed by atoms with Crippen molar-refractivity contribution < 1.29 is 4.39 Å². The standard InChI is InChI=1S/C21H32FN3/c1-17-15-18(22)3-4-20(17)25-10-5-19(6-11-25)24-13-8-21(9-14-24)7-12-23(2)16-21/h3-4,15,19H,5-14,16H2,1-2H3. The van der Waals surface area contributed by atoms with Crippen LogP contribution in [0.3, 0.4) is 0 Å². The van der Waals surface area contributed by atoms with Crippen molar-refractivity contribution in [3.63, 3.8) is 0 Å². The van der Waals surface area contributed by atoms with Gasteiger partial charge in [-0.15, -0.1) is 0 Å². The molecule has 0 aliphatic carbocycles. The summed E-state index contributed by atoms with van der Waals surface area (Å²) in [7, 11) is 2.27. The normalized spacial score (nSPS) is 25.8. The van der Waals surface area contributed by atoms with E-state index in [2.05, 4.69) is 21.7 Å². The molecule has 0 aromatic heterocycles. The van der Waals surface area contributed by atoms with Gasteiger partial charge in [0, 0.05) is 31.4 Å². The van der Waals surface area contributed by atoms with Crippen LogP contribution >= 0.6 is 0 Å². The molecule has 0 unspecified atom stereocenters. The molecule has 0 radical (unpaired) electrons. The maximum Gasteiger partial charge on any atom is 0.123 e. The molecule has 138 valence electrons. The highest BCUT2D eigenvalue weighted by Crippen LogP contribution is 2.40. The van der Waals surface area contributed by atoms with E-state index in [1.165, 1.54) is 64.0 Å². The van der Waals surface area contributed by atoms with Gasteiger partial charge in [-0.2, -0.15) is 0 Å². The van der Waals surface area contributed by atoms with E-state index in [1.807, 2.05) is 13.0 Å². The van der Waals surface area contributed by atoms with Gasteiger partial charge in [0.15, 0.2) is 0 Å². The molecule has 3 aliphatic rings. The zero-order valence-electron chi connectivity index (χ0n) is 15.8. The average molecular weight is 346 g/mol. The Kier molecular flexibility index (Phi) is 4.76. The third-order valence-corrected chi connectivity index (χ3v) is 6.97. The lowest BCUT2D eigenvalue weighted by molar-refractivity contribution is 0.0685. The van der Waals surface area contributed by atoms with Crippen LogP contribution in [0.4, 0.5) is 10.1 Å². The van der Waals surface area contributed by atoms with Crippen LogP contribution in [0.2, 0.25) is 0 Å². The van der Waals surface area contributed by atoms with Gasteiger partial charge >= 0.3 is 0 Å². The summed E-state index contributed by atoms with van der Waals surface area (Å²) in [5, 5.41) is 0. The molecule has 0 saturated carbocycles. The second-order valence-corrected chi connectivity index (χ2v) is 8.67. The van der Waals surface area contributed by atoms with Gasteiger partial charge in [-0.3, -0.25) is 0 Å². The van der Waals surface area contributed by atoms with Gasteiger partial charge in [0.05, 0.1) is 0 Å². The molecule has 1 aromatic carbocycles. The molecular weight excluding hydrogens is 313 g/mol. The van der Waals surface area contributed by atoms with Crippen LogP contribution in [-0.4, -0.2) is 62.2 Å². The Morgan fingerprint density at radius 3 is 2.28 bits per heavy atom. The second-order valence-electron chi connectivity index (χ2n) is 8.67. The summed E-state index contributed by atoms with van der Waals surface area (Å²) in [6.07, 6.45) is 6.65. The Hall–Kier alpha value is -1.13. The van der Waals surface area contributed by atoms with Gasteiger partial charge in [-0.05, 0) is 94.9 Å². The number of rotatable bonds is 2. The van der Waals surface area contributed by atoms with Gasteiger partial charge in [0.2, 0.25) is 0 Å². The first kappa shape index (κ1) is 17.3. The van der Waals surface area contributed by atoms with Crippen molar-refractivity contribution in [2.24, 2.45) is 5.41 Å². The van der Waals surface area contributed by atoms with Gasteiger partial charge < -0.3 is 14.7 Å². The molecule has 4 rings (SSSR count). The number of likely N-dealkylation sites (tertiary alicyclic amines) is 2. The van der Waals surface area contributed by atoms with E-state index in [0.717, 1.165) is 24.7 Å². The maximum absolute atomic E-state index is 13.3. The van der Waals surface area contributed by atoms with Gasteiger partial charge in [0.1, 0.15) is 5.82 Å². The summed E-state index contributed by atoms with van der Waals surface area (Å²) >= 11 is 0. The fraction of sp³-hybridized carbons (Fsp3) is 0.714. The number of benzene rings is 1. The highest BCUT2D eigenvalue weighted by atomic mass is 19.1. The van der Waals surface area contributed by atoms with Crippen molar-refractivity contribution >= 4 is 5.69 Å². The van der Waals surface area contributed by atoms with Crippen LogP contribution < -0.4 is 4.90 Å². The third-order valence-electron chi connectivity index (χ3n) is 6.97. The van der Waals surface area contributed by atoms with Crippen molar-refractivity contribution in [2.45, 2.75) is 45.1 Å². The molecule has 3 fully saturated rings. The van der Waals surface area contributed by atoms with Crippen LogP contribution in [0.15, 0.2) is 18.2 Å². The molecular formula is C21H32FN3. The zero-order valence-corrected chi connectivity index (χ0v) is 15.8. The summed E-state index contributed by atoms with van der Waals surface area (Å²) in [6, 6.07) is 5.95.